The van der Waals surface area contributed by atoms with E-state index in [1.807, 2.05) is 18.2 Å². The van der Waals surface area contributed by atoms with Crippen molar-refractivity contribution in [3.8, 4) is 10.6 Å². The molecule has 24 heavy (non-hydrogen) atoms. The number of nitrogens with one attached hydrogen (secondary N) is 2. The molecule has 0 bridgehead atoms. The molecular formula is C18H20N4S2. The number of thiophene rings is 1. The Bertz CT molecular complexity index is 792. The van der Waals surface area contributed by atoms with E-state index >= 15 is 0 Å². The van der Waals surface area contributed by atoms with E-state index < -0.39 is 0 Å². The Morgan fingerprint density at radius 3 is 2.62 bits per heavy atom. The second-order valence-corrected chi connectivity index (χ2v) is 7.17. The lowest BCUT2D eigenvalue weighted by molar-refractivity contribution is 0.813. The summed E-state index contributed by atoms with van der Waals surface area (Å²) in [4.78, 5) is 10.2. The van der Waals surface area contributed by atoms with Gasteiger partial charge in [0.25, 0.3) is 0 Å². The van der Waals surface area contributed by atoms with Crippen molar-refractivity contribution >= 4 is 28.6 Å². The van der Waals surface area contributed by atoms with Crippen LogP contribution in [0.2, 0.25) is 0 Å². The fraction of sp³-hybridized carbons (Fsp3) is 0.222. The third kappa shape index (κ3) is 4.21. The maximum absolute atomic E-state index is 4.69. The number of thiazole rings is 1. The molecule has 2 aromatic heterocycles. The van der Waals surface area contributed by atoms with Gasteiger partial charge in [-0.3, -0.25) is 4.99 Å². The summed E-state index contributed by atoms with van der Waals surface area (Å²) in [6, 6.07) is 12.4. The molecule has 124 valence electrons. The van der Waals surface area contributed by atoms with Crippen LogP contribution in [0.15, 0.2) is 52.2 Å². The molecule has 3 rings (SSSR count). The smallest absolute Gasteiger partial charge is 0.191 e. The van der Waals surface area contributed by atoms with Gasteiger partial charge in [-0.15, -0.1) is 11.3 Å². The largest absolute Gasteiger partial charge is 0.352 e. The SMILES string of the molecule is CN=C(NCc1ccsc1)NCc1sc(-c2ccccc2)nc1C. The number of aliphatic imine (C=N–C) groups is 1. The molecular weight excluding hydrogens is 336 g/mol. The molecule has 0 fully saturated rings. The molecule has 2 heterocycles. The van der Waals surface area contributed by atoms with Crippen molar-refractivity contribution < 1.29 is 0 Å². The first-order chi connectivity index (χ1) is 11.8. The first kappa shape index (κ1) is 16.7. The third-order valence-corrected chi connectivity index (χ3v) is 5.53. The van der Waals surface area contributed by atoms with Gasteiger partial charge < -0.3 is 10.6 Å². The highest BCUT2D eigenvalue weighted by molar-refractivity contribution is 7.15. The summed E-state index contributed by atoms with van der Waals surface area (Å²) in [5.74, 6) is 0.801. The Labute approximate surface area is 150 Å². The number of hydrogen-bond acceptors (Lipinski definition) is 4. The van der Waals surface area contributed by atoms with Crippen molar-refractivity contribution in [2.24, 2.45) is 4.99 Å². The number of nitrogens with zero attached hydrogens (tertiary/aromatic N) is 2. The van der Waals surface area contributed by atoms with Crippen LogP contribution in [0.1, 0.15) is 16.1 Å². The van der Waals surface area contributed by atoms with Crippen molar-refractivity contribution in [1.82, 2.24) is 15.6 Å². The van der Waals surface area contributed by atoms with Gasteiger partial charge in [0.2, 0.25) is 0 Å². The Kier molecular flexibility index (Phi) is 5.61. The highest BCUT2D eigenvalue weighted by Gasteiger charge is 2.09. The monoisotopic (exact) mass is 356 g/mol. The first-order valence-corrected chi connectivity index (χ1v) is 9.49. The second-order valence-electron chi connectivity index (χ2n) is 5.30. The lowest BCUT2D eigenvalue weighted by Gasteiger charge is -2.10. The minimum Gasteiger partial charge on any atom is -0.352 e. The van der Waals surface area contributed by atoms with E-state index in [-0.39, 0.29) is 0 Å². The van der Waals surface area contributed by atoms with Crippen LogP contribution in [0.25, 0.3) is 10.6 Å². The van der Waals surface area contributed by atoms with E-state index in [1.165, 1.54) is 10.4 Å². The molecule has 0 radical (unpaired) electrons. The van der Waals surface area contributed by atoms with Gasteiger partial charge in [0.15, 0.2) is 5.96 Å². The zero-order chi connectivity index (χ0) is 16.8. The van der Waals surface area contributed by atoms with Gasteiger partial charge in [0.05, 0.1) is 12.2 Å². The Balaban J connectivity index is 1.60. The maximum atomic E-state index is 4.69. The summed E-state index contributed by atoms with van der Waals surface area (Å²) in [7, 11) is 1.79. The quantitative estimate of drug-likeness (QED) is 0.536. The molecule has 0 atom stereocenters. The van der Waals surface area contributed by atoms with Gasteiger partial charge in [-0.25, -0.2) is 4.98 Å². The molecule has 0 saturated heterocycles. The lowest BCUT2D eigenvalue weighted by Crippen LogP contribution is -2.36. The average Bonchev–Trinajstić information content (AvgIpc) is 3.26. The third-order valence-electron chi connectivity index (χ3n) is 3.59. The summed E-state index contributed by atoms with van der Waals surface area (Å²) in [6.45, 7) is 3.56. The van der Waals surface area contributed by atoms with E-state index in [9.17, 15) is 0 Å². The fourth-order valence-corrected chi connectivity index (χ4v) is 3.94. The maximum Gasteiger partial charge on any atom is 0.191 e. The molecule has 0 amide bonds. The standard InChI is InChI=1S/C18H20N4S2/c1-13-16(24-17(22-13)15-6-4-3-5-7-15)11-21-18(19-2)20-10-14-8-9-23-12-14/h3-9,12H,10-11H2,1-2H3,(H2,19,20,21). The van der Waals surface area contributed by atoms with Gasteiger partial charge in [-0.05, 0) is 29.3 Å². The number of aromatic nitrogens is 1. The molecule has 0 aliphatic rings. The van der Waals surface area contributed by atoms with Crippen molar-refractivity contribution in [3.63, 3.8) is 0 Å². The molecule has 0 saturated carbocycles. The first-order valence-electron chi connectivity index (χ1n) is 7.73. The number of rotatable bonds is 5. The van der Waals surface area contributed by atoms with E-state index in [1.54, 1.807) is 29.7 Å². The van der Waals surface area contributed by atoms with E-state index in [0.29, 0.717) is 0 Å². The molecule has 6 heteroatoms. The van der Waals surface area contributed by atoms with Crippen LogP contribution in [0.4, 0.5) is 0 Å². The van der Waals surface area contributed by atoms with Gasteiger partial charge in [0.1, 0.15) is 5.01 Å². The molecule has 0 aliphatic carbocycles. The van der Waals surface area contributed by atoms with E-state index in [0.717, 1.165) is 35.3 Å². The van der Waals surface area contributed by atoms with Crippen LogP contribution in [0, 0.1) is 6.92 Å². The minimum atomic E-state index is 0.722. The second kappa shape index (κ2) is 8.08. The summed E-state index contributed by atoms with van der Waals surface area (Å²) < 4.78 is 0. The average molecular weight is 357 g/mol. The zero-order valence-corrected chi connectivity index (χ0v) is 15.4. The van der Waals surface area contributed by atoms with Gasteiger partial charge in [0, 0.05) is 24.0 Å². The van der Waals surface area contributed by atoms with Crippen LogP contribution in [-0.2, 0) is 13.1 Å². The molecule has 4 nitrogen and oxygen atoms in total. The predicted molar refractivity (Wildman–Crippen MR) is 104 cm³/mol. The Morgan fingerprint density at radius 2 is 1.92 bits per heavy atom. The van der Waals surface area contributed by atoms with Gasteiger partial charge in [-0.1, -0.05) is 30.3 Å². The number of aryl methyl sites for hydroxylation is 1. The molecule has 0 unspecified atom stereocenters. The van der Waals surface area contributed by atoms with Crippen LogP contribution in [0.3, 0.4) is 0 Å². The summed E-state index contributed by atoms with van der Waals surface area (Å²) in [5.41, 5.74) is 3.50. The summed E-state index contributed by atoms with van der Waals surface area (Å²) in [6.07, 6.45) is 0. The minimum absolute atomic E-state index is 0.722. The van der Waals surface area contributed by atoms with Gasteiger partial charge >= 0.3 is 0 Å². The van der Waals surface area contributed by atoms with E-state index in [2.05, 4.69) is 51.5 Å². The van der Waals surface area contributed by atoms with Crippen LogP contribution >= 0.6 is 22.7 Å². The van der Waals surface area contributed by atoms with Crippen molar-refractivity contribution in [2.75, 3.05) is 7.05 Å². The molecule has 3 aromatic rings. The van der Waals surface area contributed by atoms with Crippen LogP contribution < -0.4 is 10.6 Å². The summed E-state index contributed by atoms with van der Waals surface area (Å²) >= 11 is 3.43. The number of hydrogen-bond donors (Lipinski definition) is 2. The Morgan fingerprint density at radius 1 is 1.12 bits per heavy atom. The topological polar surface area (TPSA) is 49.3 Å². The highest BCUT2D eigenvalue weighted by atomic mass is 32.1. The molecule has 1 aromatic carbocycles. The van der Waals surface area contributed by atoms with Crippen LogP contribution in [0.5, 0.6) is 0 Å². The van der Waals surface area contributed by atoms with Crippen molar-refractivity contribution in [1.29, 1.82) is 0 Å². The van der Waals surface area contributed by atoms with Gasteiger partial charge in [-0.2, -0.15) is 11.3 Å². The molecule has 0 aliphatic heterocycles. The number of benzene rings is 1. The lowest BCUT2D eigenvalue weighted by atomic mass is 10.2. The highest BCUT2D eigenvalue weighted by Crippen LogP contribution is 2.27. The van der Waals surface area contributed by atoms with Crippen LogP contribution in [-0.4, -0.2) is 18.0 Å². The normalized spacial score (nSPS) is 11.5. The fourth-order valence-electron chi connectivity index (χ4n) is 2.26. The number of guanidine groups is 1. The molecule has 2 N–H and O–H groups in total. The van der Waals surface area contributed by atoms with Crippen molar-refractivity contribution in [3.05, 3.63) is 63.3 Å². The zero-order valence-electron chi connectivity index (χ0n) is 13.7. The predicted octanol–water partition coefficient (Wildman–Crippen LogP) is 4.05. The van der Waals surface area contributed by atoms with E-state index in [4.69, 9.17) is 4.98 Å². The summed E-state index contributed by atoms with van der Waals surface area (Å²) in [5, 5.41) is 12.0. The van der Waals surface area contributed by atoms with Crippen molar-refractivity contribution in [2.45, 2.75) is 20.0 Å². The Hall–Kier alpha value is -2.18. The molecule has 0 spiro atoms.